The monoisotopic (exact) mass is 1540 g/mol. The molecule has 4 heterocycles. The summed E-state index contributed by atoms with van der Waals surface area (Å²) in [5.41, 5.74) is 23.5. The minimum atomic E-state index is -0.378. The van der Waals surface area contributed by atoms with Crippen molar-refractivity contribution in [2.24, 2.45) is 0 Å². The zero-order valence-electron chi connectivity index (χ0n) is 63.2. The van der Waals surface area contributed by atoms with Gasteiger partial charge in [0.1, 0.15) is 5.75 Å². The van der Waals surface area contributed by atoms with Crippen molar-refractivity contribution in [1.29, 1.82) is 0 Å². The van der Waals surface area contributed by atoms with Gasteiger partial charge in [0.2, 0.25) is 0 Å². The number of ether oxygens (including phenoxy) is 2. The SMILES string of the molecule is COC(=O)N1Cc2ccccc2C(c2ccccc2Cl)c2ccccc21.O=C(Oc1ccccc1)N1Cc2ccccc2C(c2ccccc2)c2ccccc21.O=C(c1ccc(Cl)cc1)N1Cc2ccccc2C(c2ccccc2)c2ccccc21.O=C(c1ccccc1)N1Cc2ccccc2C(c2ccccc2)c2ccccc21. The first-order valence-electron chi connectivity index (χ1n) is 38.5. The van der Waals surface area contributed by atoms with Crippen molar-refractivity contribution >= 4 is 70.0 Å². The lowest BCUT2D eigenvalue weighted by Gasteiger charge is -2.24. The number of amides is 4. The number of carbonyl (C=O) groups is 4. The lowest BCUT2D eigenvalue weighted by atomic mass is 9.83. The van der Waals surface area contributed by atoms with E-state index in [1.807, 2.05) is 186 Å². The van der Waals surface area contributed by atoms with E-state index in [-0.39, 0.29) is 47.7 Å². The van der Waals surface area contributed by atoms with Crippen LogP contribution in [0.15, 0.2) is 394 Å². The molecule has 115 heavy (non-hydrogen) atoms. The molecular weight excluding hydrogens is 1460 g/mol. The number of anilines is 4. The molecular formula is C103H80Cl2N4O6. The first kappa shape index (κ1) is 75.4. The maximum Gasteiger partial charge on any atom is 0.420 e. The molecule has 0 aliphatic carbocycles. The Morgan fingerprint density at radius 2 is 0.530 bits per heavy atom. The molecule has 0 aromatic heterocycles. The van der Waals surface area contributed by atoms with Gasteiger partial charge < -0.3 is 19.3 Å². The van der Waals surface area contributed by atoms with E-state index < -0.39 is 0 Å². The third-order valence-electron chi connectivity index (χ3n) is 21.7. The topological polar surface area (TPSA) is 99.7 Å². The summed E-state index contributed by atoms with van der Waals surface area (Å²) in [5, 5.41) is 1.34. The largest absolute Gasteiger partial charge is 0.452 e. The number of hydrogen-bond donors (Lipinski definition) is 0. The normalized spacial score (nSPS) is 15.2. The fourth-order valence-corrected chi connectivity index (χ4v) is 16.8. The molecule has 4 aliphatic rings. The van der Waals surface area contributed by atoms with Crippen LogP contribution in [0.3, 0.4) is 0 Å². The van der Waals surface area contributed by atoms with Crippen LogP contribution in [0.5, 0.6) is 5.75 Å². The Labute approximate surface area is 680 Å². The minimum Gasteiger partial charge on any atom is -0.452 e. The van der Waals surface area contributed by atoms with Gasteiger partial charge in [-0.3, -0.25) is 19.4 Å². The minimum absolute atomic E-state index is 0.0253. The summed E-state index contributed by atoms with van der Waals surface area (Å²) in [5.74, 6) is 0.707. The van der Waals surface area contributed by atoms with E-state index in [0.29, 0.717) is 53.1 Å². The Kier molecular flexibility index (Phi) is 22.9. The Bertz CT molecular complexity index is 5950. The fraction of sp³-hybridized carbons (Fsp3) is 0.0874. The van der Waals surface area contributed by atoms with Gasteiger partial charge in [0.05, 0.1) is 44.7 Å². The van der Waals surface area contributed by atoms with Crippen LogP contribution in [0.4, 0.5) is 32.3 Å². The van der Waals surface area contributed by atoms with Crippen molar-refractivity contribution in [3.63, 3.8) is 0 Å². The molecule has 0 bridgehead atoms. The second-order valence-corrected chi connectivity index (χ2v) is 29.3. The van der Waals surface area contributed by atoms with E-state index >= 15 is 0 Å². The smallest absolute Gasteiger partial charge is 0.420 e. The van der Waals surface area contributed by atoms with Crippen molar-refractivity contribution in [3.8, 4) is 5.75 Å². The van der Waals surface area contributed by atoms with Gasteiger partial charge in [0, 0.05) is 56.2 Å². The Morgan fingerprint density at radius 1 is 0.261 bits per heavy atom. The summed E-state index contributed by atoms with van der Waals surface area (Å²) < 4.78 is 10.8. The van der Waals surface area contributed by atoms with Crippen molar-refractivity contribution in [2.75, 3.05) is 26.7 Å². The highest BCUT2D eigenvalue weighted by Crippen LogP contribution is 2.48. The first-order valence-corrected chi connectivity index (χ1v) is 39.2. The Balaban J connectivity index is 0.000000115. The van der Waals surface area contributed by atoms with E-state index in [1.165, 1.54) is 46.1 Å². The lowest BCUT2D eigenvalue weighted by Crippen LogP contribution is -2.33. The van der Waals surface area contributed by atoms with Gasteiger partial charge in [0.25, 0.3) is 11.8 Å². The molecule has 562 valence electrons. The van der Waals surface area contributed by atoms with Crippen LogP contribution in [0, 0.1) is 0 Å². The van der Waals surface area contributed by atoms with Crippen LogP contribution < -0.4 is 24.3 Å². The third-order valence-corrected chi connectivity index (χ3v) is 22.3. The Hall–Kier alpha value is -13.6. The molecule has 4 atom stereocenters. The molecule has 0 radical (unpaired) electrons. The molecule has 4 unspecified atom stereocenters. The number of hydrogen-bond acceptors (Lipinski definition) is 6. The summed E-state index contributed by atoms with van der Waals surface area (Å²) in [6.07, 6.45) is -0.746. The number of para-hydroxylation sites is 5. The van der Waals surface area contributed by atoms with E-state index in [0.717, 1.165) is 72.8 Å². The average molecular weight is 1540 g/mol. The molecule has 19 rings (SSSR count). The van der Waals surface area contributed by atoms with Crippen LogP contribution in [0.1, 0.15) is 133 Å². The molecule has 0 N–H and O–H groups in total. The van der Waals surface area contributed by atoms with Gasteiger partial charge >= 0.3 is 12.2 Å². The number of carbonyl (C=O) groups excluding carboxylic acids is 4. The van der Waals surface area contributed by atoms with Crippen molar-refractivity contribution < 1.29 is 28.7 Å². The van der Waals surface area contributed by atoms with Crippen LogP contribution >= 0.6 is 23.2 Å². The van der Waals surface area contributed by atoms with Crippen LogP contribution in [0.25, 0.3) is 0 Å². The zero-order valence-corrected chi connectivity index (χ0v) is 64.7. The Morgan fingerprint density at radius 3 is 0.904 bits per heavy atom. The number of fused-ring (bicyclic) bond motifs is 8. The molecule has 0 saturated carbocycles. The summed E-state index contributed by atoms with van der Waals surface area (Å²) in [6.45, 7) is 2.01. The van der Waals surface area contributed by atoms with E-state index in [2.05, 4.69) is 182 Å². The molecule has 15 aromatic carbocycles. The molecule has 10 nitrogen and oxygen atoms in total. The van der Waals surface area contributed by atoms with Crippen molar-refractivity contribution in [1.82, 2.24) is 0 Å². The van der Waals surface area contributed by atoms with Crippen molar-refractivity contribution in [2.45, 2.75) is 49.9 Å². The van der Waals surface area contributed by atoms with Gasteiger partial charge in [-0.15, -0.1) is 0 Å². The second kappa shape index (κ2) is 35.0. The maximum atomic E-state index is 13.6. The highest BCUT2D eigenvalue weighted by Gasteiger charge is 2.37. The number of halogens is 2. The maximum absolute atomic E-state index is 13.6. The van der Waals surface area contributed by atoms with Crippen LogP contribution in [-0.2, 0) is 30.9 Å². The number of methoxy groups -OCH3 is 1. The predicted molar refractivity (Wildman–Crippen MR) is 462 cm³/mol. The highest BCUT2D eigenvalue weighted by molar-refractivity contribution is 6.31. The number of nitrogens with zero attached hydrogens (tertiary/aromatic N) is 4. The summed E-state index contributed by atoms with van der Waals surface area (Å²) in [6, 6.07) is 131. The van der Waals surface area contributed by atoms with Gasteiger partial charge in [-0.05, 0) is 168 Å². The van der Waals surface area contributed by atoms with Gasteiger partial charge in [-0.1, -0.05) is 339 Å². The quantitative estimate of drug-likeness (QED) is 0.158. The fourth-order valence-electron chi connectivity index (χ4n) is 16.4. The number of benzene rings is 15. The predicted octanol–water partition coefficient (Wildman–Crippen LogP) is 24.7. The van der Waals surface area contributed by atoms with E-state index in [1.54, 1.807) is 46.2 Å². The lowest BCUT2D eigenvalue weighted by molar-refractivity contribution is 0.0977. The third kappa shape index (κ3) is 16.1. The van der Waals surface area contributed by atoms with E-state index in [9.17, 15) is 19.2 Å². The van der Waals surface area contributed by atoms with Crippen LogP contribution in [0.2, 0.25) is 10.0 Å². The molecule has 0 fully saturated rings. The van der Waals surface area contributed by atoms with Crippen LogP contribution in [-0.4, -0.2) is 31.1 Å². The zero-order chi connectivity index (χ0) is 78.6. The molecule has 12 heteroatoms. The summed E-state index contributed by atoms with van der Waals surface area (Å²) >= 11 is 12.6. The highest BCUT2D eigenvalue weighted by atomic mass is 35.5. The van der Waals surface area contributed by atoms with Gasteiger partial charge in [-0.25, -0.2) is 9.59 Å². The van der Waals surface area contributed by atoms with Gasteiger partial charge in [0.15, 0.2) is 0 Å². The summed E-state index contributed by atoms with van der Waals surface area (Å²) in [4.78, 5) is 60.0. The van der Waals surface area contributed by atoms with Gasteiger partial charge in [-0.2, -0.15) is 0 Å². The number of rotatable bonds is 7. The standard InChI is InChI=1S/C27H20ClNO.C27H21NO2.C27H21NO.C22H18ClNO2/c28-22-16-14-20(15-17-22)27(30)29-18-21-10-4-5-11-23(21)26(19-8-2-1-3-9-19)24-12-6-7-13-25(24)29;29-27(30-22-14-5-2-6-15-22)28-19-21-13-7-8-16-23(21)26(20-11-3-1-4-12-20)24-17-9-10-18-25(24)28;29-27(21-13-5-2-6-14-21)28-19-22-15-7-8-16-23(22)26(20-11-3-1-4-12-20)24-17-9-10-18-25(24)28;1-26-22(25)24-14-15-8-2-3-9-16(15)21(17-10-4-6-12-19(17)23)18-11-5-7-13-20(18)24/h1-17,26H,18H2;1-18,26H,19H2;1-18,26H,19H2;2-13,21H,14H2,1H3. The molecule has 4 aliphatic heterocycles. The molecule has 4 amide bonds. The molecule has 0 saturated heterocycles. The second-order valence-electron chi connectivity index (χ2n) is 28.5. The average Bonchev–Trinajstić information content (AvgIpc) is 1.65. The summed E-state index contributed by atoms with van der Waals surface area (Å²) in [7, 11) is 1.41. The molecule has 15 aromatic rings. The van der Waals surface area contributed by atoms with E-state index in [4.69, 9.17) is 32.7 Å². The molecule has 0 spiro atoms. The first-order chi connectivity index (χ1) is 56.6. The van der Waals surface area contributed by atoms with Crippen molar-refractivity contribution in [3.05, 3.63) is 505 Å².